The van der Waals surface area contributed by atoms with Crippen LogP contribution >= 0.6 is 44.1 Å². The zero-order valence-corrected chi connectivity index (χ0v) is 15.7. The monoisotopic (exact) mass is 461 g/mol. The molecule has 1 aliphatic rings. The molecule has 10 heteroatoms. The molecule has 1 aromatic carbocycles. The molecule has 1 unspecified atom stereocenters. The first kappa shape index (κ1) is 17.8. The van der Waals surface area contributed by atoms with Crippen molar-refractivity contribution in [3.8, 4) is 0 Å². The van der Waals surface area contributed by atoms with E-state index in [1.807, 2.05) is 30.3 Å². The van der Waals surface area contributed by atoms with Crippen molar-refractivity contribution in [3.63, 3.8) is 0 Å². The Kier molecular flexibility index (Phi) is 6.48. The first-order valence-electron chi connectivity index (χ1n) is 6.46. The van der Waals surface area contributed by atoms with E-state index in [4.69, 9.17) is 22.7 Å². The van der Waals surface area contributed by atoms with Gasteiger partial charge >= 0.3 is 5.97 Å². The molecule has 1 fully saturated rings. The van der Waals surface area contributed by atoms with Crippen molar-refractivity contribution in [2.24, 2.45) is 15.9 Å². The molecule has 1 aliphatic heterocycles. The maximum atomic E-state index is 12.1. The first-order valence-corrected chi connectivity index (χ1v) is 8.90. The maximum Gasteiger partial charge on any atom is 0.361 e. The number of para-hydroxylation sites is 1. The van der Waals surface area contributed by atoms with Gasteiger partial charge in [-0.05, 0) is 24.4 Å². The summed E-state index contributed by atoms with van der Waals surface area (Å²) in [6, 6.07) is 9.21. The SMILES string of the molecule is NC(=S)N/N=C1\C(=N\Nc2ccccc2)C(=O)OC1[C@H](Br)CBr. The highest BCUT2D eigenvalue weighted by Crippen LogP contribution is 2.21. The molecule has 1 saturated heterocycles. The van der Waals surface area contributed by atoms with E-state index in [9.17, 15) is 4.79 Å². The van der Waals surface area contributed by atoms with Crippen LogP contribution in [-0.2, 0) is 9.53 Å². The molecule has 0 radical (unpaired) electrons. The van der Waals surface area contributed by atoms with E-state index in [1.54, 1.807) is 0 Å². The molecule has 0 amide bonds. The minimum absolute atomic E-state index is 0.0177. The Morgan fingerprint density at radius 2 is 2.09 bits per heavy atom. The predicted octanol–water partition coefficient (Wildman–Crippen LogP) is 1.73. The second-order valence-corrected chi connectivity index (χ2v) is 6.67. The van der Waals surface area contributed by atoms with Gasteiger partial charge in [0.2, 0.25) is 0 Å². The van der Waals surface area contributed by atoms with E-state index in [0.29, 0.717) is 11.0 Å². The second-order valence-electron chi connectivity index (χ2n) is 4.41. The van der Waals surface area contributed by atoms with Gasteiger partial charge in [-0.2, -0.15) is 10.2 Å². The van der Waals surface area contributed by atoms with Crippen LogP contribution in [0.3, 0.4) is 0 Å². The molecule has 122 valence electrons. The summed E-state index contributed by atoms with van der Waals surface area (Å²) in [5.41, 5.74) is 11.8. The number of esters is 1. The topological polar surface area (TPSA) is 101 Å². The average Bonchev–Trinajstić information content (AvgIpc) is 2.87. The van der Waals surface area contributed by atoms with Crippen LogP contribution < -0.4 is 16.6 Å². The number of nitrogens with two attached hydrogens (primary N) is 1. The van der Waals surface area contributed by atoms with Crippen LogP contribution in [0.2, 0.25) is 0 Å². The number of nitrogens with one attached hydrogen (secondary N) is 2. The van der Waals surface area contributed by atoms with Crippen molar-refractivity contribution < 1.29 is 9.53 Å². The quantitative estimate of drug-likeness (QED) is 0.266. The zero-order valence-electron chi connectivity index (χ0n) is 11.7. The first-order chi connectivity index (χ1) is 11.0. The number of carbonyl (C=O) groups excluding carboxylic acids is 1. The Bertz CT molecular complexity index is 653. The van der Waals surface area contributed by atoms with Gasteiger partial charge in [-0.25, -0.2) is 4.79 Å². The van der Waals surface area contributed by atoms with Crippen molar-refractivity contribution in [2.75, 3.05) is 10.8 Å². The Morgan fingerprint density at radius 3 is 2.70 bits per heavy atom. The lowest BCUT2D eigenvalue weighted by molar-refractivity contribution is -0.135. The van der Waals surface area contributed by atoms with E-state index < -0.39 is 12.1 Å². The zero-order chi connectivity index (χ0) is 16.8. The van der Waals surface area contributed by atoms with Gasteiger partial charge in [-0.1, -0.05) is 50.1 Å². The van der Waals surface area contributed by atoms with Gasteiger partial charge in [0.25, 0.3) is 0 Å². The standard InChI is InChI=1S/C13H13Br2N5O2S/c14-6-8(15)11-9(18-20-13(16)23)10(12(21)22-11)19-17-7-4-2-1-3-5-7/h1-5,8,11,17H,6H2,(H3,16,20,23)/b18-9+,19-10-/t8-,11?/m1/s1. The summed E-state index contributed by atoms with van der Waals surface area (Å²) in [6.07, 6.45) is -0.611. The lowest BCUT2D eigenvalue weighted by Gasteiger charge is -2.13. The average molecular weight is 463 g/mol. The van der Waals surface area contributed by atoms with Gasteiger partial charge in [0, 0.05) is 5.33 Å². The highest BCUT2D eigenvalue weighted by atomic mass is 79.9. The second kappa shape index (κ2) is 8.37. The van der Waals surface area contributed by atoms with E-state index in [2.05, 4.69) is 52.9 Å². The minimum Gasteiger partial charge on any atom is -0.450 e. The van der Waals surface area contributed by atoms with E-state index in [0.717, 1.165) is 5.69 Å². The molecule has 23 heavy (non-hydrogen) atoms. The summed E-state index contributed by atoms with van der Waals surface area (Å²) in [7, 11) is 0. The number of hydrogen-bond acceptors (Lipinski definition) is 6. The number of cyclic esters (lactones) is 1. The highest BCUT2D eigenvalue weighted by molar-refractivity contribution is 9.12. The van der Waals surface area contributed by atoms with Gasteiger partial charge in [-0.15, -0.1) is 0 Å². The molecule has 0 aliphatic carbocycles. The van der Waals surface area contributed by atoms with Crippen LogP contribution in [0.25, 0.3) is 0 Å². The van der Waals surface area contributed by atoms with Crippen LogP contribution in [-0.4, -0.2) is 38.8 Å². The number of hydrogen-bond donors (Lipinski definition) is 3. The molecule has 7 nitrogen and oxygen atoms in total. The van der Waals surface area contributed by atoms with Gasteiger partial charge in [-0.3, -0.25) is 10.9 Å². The molecule has 1 heterocycles. The molecule has 0 saturated carbocycles. The number of alkyl halides is 2. The third-order valence-electron chi connectivity index (χ3n) is 2.77. The molecule has 0 spiro atoms. The van der Waals surface area contributed by atoms with Crippen LogP contribution in [0, 0.1) is 0 Å². The molecule has 0 bridgehead atoms. The summed E-state index contributed by atoms with van der Waals surface area (Å²) < 4.78 is 5.32. The Labute approximate surface area is 155 Å². The fourth-order valence-corrected chi connectivity index (χ4v) is 2.50. The number of carbonyl (C=O) groups is 1. The van der Waals surface area contributed by atoms with Crippen molar-refractivity contribution in [2.45, 2.75) is 10.9 Å². The maximum absolute atomic E-state index is 12.1. The number of hydrazone groups is 2. The molecular weight excluding hydrogens is 450 g/mol. The number of benzene rings is 1. The highest BCUT2D eigenvalue weighted by Gasteiger charge is 2.42. The van der Waals surface area contributed by atoms with E-state index in [1.165, 1.54) is 0 Å². The normalized spacial score (nSPS) is 22.0. The minimum atomic E-state index is -0.611. The van der Waals surface area contributed by atoms with Crippen molar-refractivity contribution in [3.05, 3.63) is 30.3 Å². The van der Waals surface area contributed by atoms with Crippen LogP contribution in [0.5, 0.6) is 0 Å². The number of halogens is 2. The molecular formula is C13H13Br2N5O2S. The lowest BCUT2D eigenvalue weighted by atomic mass is 10.1. The largest absolute Gasteiger partial charge is 0.450 e. The van der Waals surface area contributed by atoms with Gasteiger partial charge in [0.15, 0.2) is 16.9 Å². The lowest BCUT2D eigenvalue weighted by Crippen LogP contribution is -2.34. The molecule has 0 aromatic heterocycles. The molecule has 2 atom stereocenters. The summed E-state index contributed by atoms with van der Waals surface area (Å²) >= 11 is 11.5. The Balaban J connectivity index is 2.28. The molecule has 4 N–H and O–H groups in total. The molecule has 2 rings (SSSR count). The van der Waals surface area contributed by atoms with Crippen molar-refractivity contribution >= 4 is 72.3 Å². The fourth-order valence-electron chi connectivity index (χ4n) is 1.76. The predicted molar refractivity (Wildman–Crippen MR) is 101 cm³/mol. The van der Waals surface area contributed by atoms with Crippen LogP contribution in [0.1, 0.15) is 0 Å². The van der Waals surface area contributed by atoms with Gasteiger partial charge in [0.05, 0.1) is 10.5 Å². The number of ether oxygens (including phenoxy) is 1. The number of nitrogens with zero attached hydrogens (tertiary/aromatic N) is 2. The van der Waals surface area contributed by atoms with E-state index >= 15 is 0 Å². The Hall–Kier alpha value is -1.52. The summed E-state index contributed by atoms with van der Waals surface area (Å²) in [4.78, 5) is 11.9. The smallest absolute Gasteiger partial charge is 0.361 e. The number of thiocarbonyl (C=S) groups is 1. The van der Waals surface area contributed by atoms with Crippen molar-refractivity contribution in [1.82, 2.24) is 5.43 Å². The van der Waals surface area contributed by atoms with Gasteiger partial charge in [0.1, 0.15) is 5.71 Å². The van der Waals surface area contributed by atoms with E-state index in [-0.39, 0.29) is 15.7 Å². The summed E-state index contributed by atoms with van der Waals surface area (Å²) in [6.45, 7) is 0. The number of rotatable bonds is 5. The van der Waals surface area contributed by atoms with Crippen molar-refractivity contribution in [1.29, 1.82) is 0 Å². The molecule has 1 aromatic rings. The number of anilines is 1. The van der Waals surface area contributed by atoms with Crippen LogP contribution in [0.4, 0.5) is 5.69 Å². The third kappa shape index (κ3) is 4.72. The Morgan fingerprint density at radius 1 is 1.39 bits per heavy atom. The summed E-state index contributed by atoms with van der Waals surface area (Å²) in [5.74, 6) is -0.577. The van der Waals surface area contributed by atoms with Gasteiger partial charge < -0.3 is 10.5 Å². The third-order valence-corrected chi connectivity index (χ3v) is 5.23. The summed E-state index contributed by atoms with van der Waals surface area (Å²) in [5, 5.41) is 8.69. The fraction of sp³-hybridized carbons (Fsp3) is 0.231. The van der Waals surface area contributed by atoms with Crippen LogP contribution in [0.15, 0.2) is 40.5 Å².